The molecule has 0 bridgehead atoms. The molecular weight excluding hydrogens is 247 g/mol. The van der Waals surface area contributed by atoms with Crippen molar-refractivity contribution in [3.63, 3.8) is 0 Å². The monoisotopic (exact) mass is 260 g/mol. The van der Waals surface area contributed by atoms with Crippen molar-refractivity contribution in [2.75, 3.05) is 5.32 Å². The van der Waals surface area contributed by atoms with Crippen LogP contribution in [0.3, 0.4) is 0 Å². The van der Waals surface area contributed by atoms with E-state index in [1.54, 1.807) is 25.1 Å². The Kier molecular flexibility index (Phi) is 4.07. The minimum absolute atomic E-state index is 0.0433. The quantitative estimate of drug-likeness (QED) is 0.860. The van der Waals surface area contributed by atoms with Crippen molar-refractivity contribution >= 4 is 11.6 Å². The van der Waals surface area contributed by atoms with Gasteiger partial charge >= 0.3 is 0 Å². The number of ether oxygens (including phenoxy) is 1. The third kappa shape index (κ3) is 3.51. The summed E-state index contributed by atoms with van der Waals surface area (Å²) in [4.78, 5) is 15.3. The van der Waals surface area contributed by atoms with E-state index < -0.39 is 12.1 Å². The zero-order valence-corrected chi connectivity index (χ0v) is 10.3. The molecule has 98 valence electrons. The minimum atomic E-state index is -0.820. The Morgan fingerprint density at radius 3 is 2.68 bits per heavy atom. The molecular formula is C14H13FN2O2. The molecule has 0 spiro atoms. The molecule has 1 aromatic carbocycles. The van der Waals surface area contributed by atoms with Gasteiger partial charge in [-0.15, -0.1) is 0 Å². The third-order valence-corrected chi connectivity index (χ3v) is 2.44. The molecule has 1 N–H and O–H groups in total. The maximum absolute atomic E-state index is 13.3. The van der Waals surface area contributed by atoms with E-state index in [-0.39, 0.29) is 11.7 Å². The lowest BCUT2D eigenvalue weighted by molar-refractivity contribution is -0.122. The number of para-hydroxylation sites is 1. The topological polar surface area (TPSA) is 51.2 Å². The van der Waals surface area contributed by atoms with Crippen molar-refractivity contribution in [3.05, 3.63) is 54.6 Å². The number of aromatic nitrogens is 1. The molecule has 1 aromatic heterocycles. The second kappa shape index (κ2) is 5.95. The number of rotatable bonds is 4. The normalized spacial score (nSPS) is 11.7. The molecule has 4 nitrogen and oxygen atoms in total. The highest BCUT2D eigenvalue weighted by Crippen LogP contribution is 2.15. The molecule has 2 aromatic rings. The van der Waals surface area contributed by atoms with Crippen LogP contribution < -0.4 is 10.1 Å². The molecule has 1 atom stereocenters. The molecule has 5 heteroatoms. The second-order valence-corrected chi connectivity index (χ2v) is 3.91. The lowest BCUT2D eigenvalue weighted by Gasteiger charge is -2.14. The third-order valence-electron chi connectivity index (χ3n) is 2.44. The Labute approximate surface area is 110 Å². The van der Waals surface area contributed by atoms with E-state index in [0.717, 1.165) is 0 Å². The van der Waals surface area contributed by atoms with E-state index in [1.165, 1.54) is 12.3 Å². The van der Waals surface area contributed by atoms with Gasteiger partial charge in [0.1, 0.15) is 0 Å². The molecule has 0 aliphatic heterocycles. The Morgan fingerprint density at radius 2 is 2.00 bits per heavy atom. The van der Waals surface area contributed by atoms with Gasteiger partial charge in [-0.3, -0.25) is 4.79 Å². The van der Waals surface area contributed by atoms with Crippen molar-refractivity contribution in [2.24, 2.45) is 0 Å². The number of benzene rings is 1. The van der Waals surface area contributed by atoms with Crippen LogP contribution >= 0.6 is 0 Å². The Morgan fingerprint density at radius 1 is 1.26 bits per heavy atom. The Balaban J connectivity index is 1.98. The fourth-order valence-electron chi connectivity index (χ4n) is 1.47. The van der Waals surface area contributed by atoms with Gasteiger partial charge in [0.15, 0.2) is 11.9 Å². The minimum Gasteiger partial charge on any atom is -0.476 e. The van der Waals surface area contributed by atoms with E-state index >= 15 is 0 Å². The van der Waals surface area contributed by atoms with Crippen molar-refractivity contribution in [3.8, 4) is 5.75 Å². The highest BCUT2D eigenvalue weighted by Gasteiger charge is 2.16. The maximum atomic E-state index is 13.3. The predicted octanol–water partition coefficient (Wildman–Crippen LogP) is 2.63. The van der Waals surface area contributed by atoms with Crippen LogP contribution in [0.15, 0.2) is 48.7 Å². The van der Waals surface area contributed by atoms with Crippen LogP contribution in [-0.2, 0) is 4.79 Å². The zero-order valence-electron chi connectivity index (χ0n) is 10.3. The molecule has 0 saturated carbocycles. The summed E-state index contributed by atoms with van der Waals surface area (Å²) in [7, 11) is 0. The average molecular weight is 260 g/mol. The number of carbonyl (C=O) groups excluding carboxylic acids is 1. The van der Waals surface area contributed by atoms with Crippen LogP contribution in [0.25, 0.3) is 0 Å². The number of halogens is 1. The van der Waals surface area contributed by atoms with Gasteiger partial charge in [-0.1, -0.05) is 18.2 Å². The molecule has 1 unspecified atom stereocenters. The van der Waals surface area contributed by atoms with E-state index in [1.807, 2.05) is 18.2 Å². The molecule has 0 aliphatic rings. The van der Waals surface area contributed by atoms with E-state index in [4.69, 9.17) is 4.74 Å². The van der Waals surface area contributed by atoms with Gasteiger partial charge in [-0.2, -0.15) is 4.39 Å². The molecule has 2 rings (SSSR count). The molecule has 0 aliphatic carbocycles. The maximum Gasteiger partial charge on any atom is 0.265 e. The number of anilines is 1. The van der Waals surface area contributed by atoms with Crippen molar-refractivity contribution in [1.82, 2.24) is 4.98 Å². The first kappa shape index (κ1) is 13.0. The number of amides is 1. The first-order valence-corrected chi connectivity index (χ1v) is 5.80. The summed E-state index contributed by atoms with van der Waals surface area (Å²) >= 11 is 0. The largest absolute Gasteiger partial charge is 0.476 e. The van der Waals surface area contributed by atoms with Crippen LogP contribution in [0, 0.1) is 5.95 Å². The van der Waals surface area contributed by atoms with E-state index in [9.17, 15) is 9.18 Å². The molecule has 1 amide bonds. The Bertz CT molecular complexity index is 560. The SMILES string of the molecule is CC(Oc1cccnc1F)C(=O)Nc1ccccc1. The number of nitrogens with one attached hydrogen (secondary N) is 1. The molecule has 1 heterocycles. The predicted molar refractivity (Wildman–Crippen MR) is 69.4 cm³/mol. The fraction of sp³-hybridized carbons (Fsp3) is 0.143. The first-order valence-electron chi connectivity index (χ1n) is 5.80. The number of pyridine rings is 1. The van der Waals surface area contributed by atoms with Crippen molar-refractivity contribution in [2.45, 2.75) is 13.0 Å². The van der Waals surface area contributed by atoms with Crippen molar-refractivity contribution in [1.29, 1.82) is 0 Å². The molecule has 0 saturated heterocycles. The van der Waals surface area contributed by atoms with Crippen LogP contribution in [0.2, 0.25) is 0 Å². The first-order chi connectivity index (χ1) is 9.16. The fourth-order valence-corrected chi connectivity index (χ4v) is 1.47. The number of carbonyl (C=O) groups is 1. The van der Waals surface area contributed by atoms with Gasteiger partial charge < -0.3 is 10.1 Å². The molecule has 0 radical (unpaired) electrons. The highest BCUT2D eigenvalue weighted by atomic mass is 19.1. The number of hydrogen-bond donors (Lipinski definition) is 1. The Hall–Kier alpha value is -2.43. The summed E-state index contributed by atoms with van der Waals surface area (Å²) in [5, 5.41) is 2.67. The summed E-state index contributed by atoms with van der Waals surface area (Å²) in [6.07, 6.45) is 0.496. The zero-order chi connectivity index (χ0) is 13.7. The summed E-state index contributed by atoms with van der Waals surface area (Å²) in [5.41, 5.74) is 0.662. The number of nitrogens with zero attached hydrogens (tertiary/aromatic N) is 1. The second-order valence-electron chi connectivity index (χ2n) is 3.91. The van der Waals surface area contributed by atoms with Crippen LogP contribution in [0.5, 0.6) is 5.75 Å². The summed E-state index contributed by atoms with van der Waals surface area (Å²) in [6.45, 7) is 1.55. The van der Waals surface area contributed by atoms with Crippen LogP contribution in [0.1, 0.15) is 6.92 Å². The lowest BCUT2D eigenvalue weighted by Crippen LogP contribution is -2.30. The lowest BCUT2D eigenvalue weighted by atomic mass is 10.3. The van der Waals surface area contributed by atoms with Crippen LogP contribution in [0.4, 0.5) is 10.1 Å². The van der Waals surface area contributed by atoms with Crippen LogP contribution in [-0.4, -0.2) is 17.0 Å². The standard InChI is InChI=1S/C14H13FN2O2/c1-10(19-12-8-5-9-16-13(12)15)14(18)17-11-6-3-2-4-7-11/h2-10H,1H3,(H,17,18). The average Bonchev–Trinajstić information content (AvgIpc) is 2.42. The van der Waals surface area contributed by atoms with Gasteiger partial charge in [0.05, 0.1) is 0 Å². The van der Waals surface area contributed by atoms with Crippen molar-refractivity contribution < 1.29 is 13.9 Å². The summed E-state index contributed by atoms with van der Waals surface area (Å²) < 4.78 is 18.5. The summed E-state index contributed by atoms with van der Waals surface area (Å²) in [5.74, 6) is -1.13. The molecule has 19 heavy (non-hydrogen) atoms. The van der Waals surface area contributed by atoms with Gasteiger partial charge in [0.2, 0.25) is 0 Å². The van der Waals surface area contributed by atoms with Gasteiger partial charge in [-0.05, 0) is 31.2 Å². The van der Waals surface area contributed by atoms with Gasteiger partial charge in [0, 0.05) is 11.9 Å². The van der Waals surface area contributed by atoms with Gasteiger partial charge in [-0.25, -0.2) is 4.98 Å². The summed E-state index contributed by atoms with van der Waals surface area (Å²) in [6, 6.07) is 11.9. The van der Waals surface area contributed by atoms with E-state index in [2.05, 4.69) is 10.3 Å². The van der Waals surface area contributed by atoms with E-state index in [0.29, 0.717) is 5.69 Å². The highest BCUT2D eigenvalue weighted by molar-refractivity contribution is 5.94. The smallest absolute Gasteiger partial charge is 0.265 e. The number of hydrogen-bond acceptors (Lipinski definition) is 3. The molecule has 0 fully saturated rings. The van der Waals surface area contributed by atoms with Gasteiger partial charge in [0.25, 0.3) is 11.9 Å².